The number of aliphatic hydroxyl groups excluding tert-OH is 1. The van der Waals surface area contributed by atoms with E-state index in [0.717, 1.165) is 19.4 Å². The van der Waals surface area contributed by atoms with Crippen molar-refractivity contribution in [2.24, 2.45) is 11.8 Å². The van der Waals surface area contributed by atoms with Gasteiger partial charge >= 0.3 is 0 Å². The number of aliphatic hydroxyl groups is 1. The molecule has 6 heteroatoms. The fourth-order valence-corrected chi connectivity index (χ4v) is 2.50. The van der Waals surface area contributed by atoms with Gasteiger partial charge in [-0.2, -0.15) is 0 Å². The van der Waals surface area contributed by atoms with Crippen molar-refractivity contribution in [1.29, 1.82) is 0 Å². The molecule has 1 aromatic rings. The summed E-state index contributed by atoms with van der Waals surface area (Å²) in [6.45, 7) is 1.02. The predicted molar refractivity (Wildman–Crippen MR) is 67.9 cm³/mol. The third-order valence-corrected chi connectivity index (χ3v) is 3.72. The zero-order chi connectivity index (χ0) is 12.3. The van der Waals surface area contributed by atoms with E-state index in [9.17, 15) is 5.11 Å². The number of aromatic nitrogens is 2. The highest BCUT2D eigenvalue weighted by Gasteiger charge is 2.26. The van der Waals surface area contributed by atoms with Gasteiger partial charge < -0.3 is 16.2 Å². The summed E-state index contributed by atoms with van der Waals surface area (Å²) in [5, 5.41) is 12.7. The molecule has 17 heavy (non-hydrogen) atoms. The SMILES string of the molecule is Nc1c(Cl)ncnc1NC[C@@H]1CCC[C@H]1CO. The van der Waals surface area contributed by atoms with Crippen LogP contribution in [0.1, 0.15) is 19.3 Å². The lowest BCUT2D eigenvalue weighted by Crippen LogP contribution is -2.21. The quantitative estimate of drug-likeness (QED) is 0.712. The summed E-state index contributed by atoms with van der Waals surface area (Å²) in [5.41, 5.74) is 6.15. The molecule has 2 atom stereocenters. The van der Waals surface area contributed by atoms with Gasteiger partial charge in [0.1, 0.15) is 12.0 Å². The molecular weight excluding hydrogens is 240 g/mol. The number of hydrogen-bond donors (Lipinski definition) is 3. The third kappa shape index (κ3) is 2.79. The van der Waals surface area contributed by atoms with Crippen molar-refractivity contribution in [3.8, 4) is 0 Å². The largest absolute Gasteiger partial charge is 0.396 e. The van der Waals surface area contributed by atoms with Gasteiger partial charge in [-0.3, -0.25) is 0 Å². The first-order valence-electron chi connectivity index (χ1n) is 5.83. The van der Waals surface area contributed by atoms with E-state index >= 15 is 0 Å². The fraction of sp³-hybridized carbons (Fsp3) is 0.636. The van der Waals surface area contributed by atoms with Crippen molar-refractivity contribution >= 4 is 23.1 Å². The summed E-state index contributed by atoms with van der Waals surface area (Å²) in [5.74, 6) is 1.45. The Hall–Kier alpha value is -1.07. The van der Waals surface area contributed by atoms with Gasteiger partial charge in [0.25, 0.3) is 0 Å². The Balaban J connectivity index is 1.95. The van der Waals surface area contributed by atoms with Crippen molar-refractivity contribution in [2.75, 3.05) is 24.2 Å². The number of anilines is 2. The summed E-state index contributed by atoms with van der Waals surface area (Å²) >= 11 is 5.81. The second-order valence-corrected chi connectivity index (χ2v) is 4.80. The minimum Gasteiger partial charge on any atom is -0.396 e. The van der Waals surface area contributed by atoms with Gasteiger partial charge in [0.15, 0.2) is 11.0 Å². The molecule has 94 valence electrons. The number of nitrogens with one attached hydrogen (secondary N) is 1. The molecule has 0 radical (unpaired) electrons. The maximum atomic E-state index is 9.23. The van der Waals surface area contributed by atoms with Crippen LogP contribution in [0.5, 0.6) is 0 Å². The molecule has 5 nitrogen and oxygen atoms in total. The lowest BCUT2D eigenvalue weighted by Gasteiger charge is -2.18. The van der Waals surface area contributed by atoms with Gasteiger partial charge in [-0.25, -0.2) is 9.97 Å². The second-order valence-electron chi connectivity index (χ2n) is 4.44. The van der Waals surface area contributed by atoms with Crippen LogP contribution in [0.4, 0.5) is 11.5 Å². The van der Waals surface area contributed by atoms with Crippen LogP contribution < -0.4 is 11.1 Å². The number of nitrogens with two attached hydrogens (primary N) is 1. The fourth-order valence-electron chi connectivity index (χ4n) is 2.37. The van der Waals surface area contributed by atoms with E-state index < -0.39 is 0 Å². The van der Waals surface area contributed by atoms with Gasteiger partial charge in [-0.05, 0) is 24.7 Å². The first kappa shape index (κ1) is 12.4. The van der Waals surface area contributed by atoms with E-state index in [4.69, 9.17) is 17.3 Å². The van der Waals surface area contributed by atoms with Crippen LogP contribution in [0.2, 0.25) is 5.15 Å². The third-order valence-electron chi connectivity index (χ3n) is 3.42. The van der Waals surface area contributed by atoms with E-state index in [1.54, 1.807) is 0 Å². The molecule has 1 heterocycles. The maximum absolute atomic E-state index is 9.23. The molecule has 1 aliphatic carbocycles. The first-order valence-corrected chi connectivity index (χ1v) is 6.21. The Morgan fingerprint density at radius 1 is 1.41 bits per heavy atom. The molecule has 0 bridgehead atoms. The Morgan fingerprint density at radius 2 is 2.18 bits per heavy atom. The average molecular weight is 257 g/mol. The average Bonchev–Trinajstić information content (AvgIpc) is 2.78. The van der Waals surface area contributed by atoms with Crippen molar-refractivity contribution in [2.45, 2.75) is 19.3 Å². The smallest absolute Gasteiger partial charge is 0.157 e. The van der Waals surface area contributed by atoms with E-state index in [2.05, 4.69) is 15.3 Å². The van der Waals surface area contributed by atoms with E-state index in [1.165, 1.54) is 12.7 Å². The zero-order valence-electron chi connectivity index (χ0n) is 9.56. The molecule has 4 N–H and O–H groups in total. The topological polar surface area (TPSA) is 84.1 Å². The molecule has 1 fully saturated rings. The molecular formula is C11H17ClN4O. The molecule has 0 saturated heterocycles. The van der Waals surface area contributed by atoms with Crippen molar-refractivity contribution in [1.82, 2.24) is 9.97 Å². The van der Waals surface area contributed by atoms with Gasteiger partial charge in [-0.15, -0.1) is 0 Å². The highest BCUT2D eigenvalue weighted by Crippen LogP contribution is 2.32. The number of rotatable bonds is 4. The molecule has 0 spiro atoms. The summed E-state index contributed by atoms with van der Waals surface area (Å²) in [7, 11) is 0. The van der Waals surface area contributed by atoms with E-state index in [1.807, 2.05) is 0 Å². The summed E-state index contributed by atoms with van der Waals surface area (Å²) in [4.78, 5) is 7.86. The van der Waals surface area contributed by atoms with Gasteiger partial charge in [-0.1, -0.05) is 18.0 Å². The standard InChI is InChI=1S/C11H17ClN4O/c12-10-9(13)11(16-6-15-10)14-4-7-2-1-3-8(7)5-17/h6-8,17H,1-5,13H2,(H,14,15,16)/t7-,8-/m0/s1. The molecule has 0 unspecified atom stereocenters. The Labute approximate surface area is 105 Å². The number of nitrogen functional groups attached to an aromatic ring is 1. The van der Waals surface area contributed by atoms with Gasteiger partial charge in [0, 0.05) is 13.2 Å². The number of nitrogens with zero attached hydrogens (tertiary/aromatic N) is 2. The molecule has 0 amide bonds. The predicted octanol–water partition coefficient (Wildman–Crippen LogP) is 1.53. The molecule has 1 saturated carbocycles. The Morgan fingerprint density at radius 3 is 2.94 bits per heavy atom. The maximum Gasteiger partial charge on any atom is 0.157 e. The summed E-state index contributed by atoms with van der Waals surface area (Å²) in [6.07, 6.45) is 4.80. The van der Waals surface area contributed by atoms with Crippen LogP contribution in [0.15, 0.2) is 6.33 Å². The summed E-state index contributed by atoms with van der Waals surface area (Å²) in [6, 6.07) is 0. The zero-order valence-corrected chi connectivity index (χ0v) is 10.3. The van der Waals surface area contributed by atoms with Gasteiger partial charge in [0.2, 0.25) is 0 Å². The molecule has 0 aliphatic heterocycles. The molecule has 0 aromatic carbocycles. The number of halogens is 1. The molecule has 1 aromatic heterocycles. The second kappa shape index (κ2) is 5.51. The van der Waals surface area contributed by atoms with Crippen LogP contribution in [-0.4, -0.2) is 28.2 Å². The Kier molecular flexibility index (Phi) is 4.02. The van der Waals surface area contributed by atoms with Crippen LogP contribution in [0.25, 0.3) is 0 Å². The van der Waals surface area contributed by atoms with Crippen LogP contribution >= 0.6 is 11.6 Å². The van der Waals surface area contributed by atoms with Crippen molar-refractivity contribution < 1.29 is 5.11 Å². The molecule has 2 rings (SSSR count). The van der Waals surface area contributed by atoms with E-state index in [-0.39, 0.29) is 11.8 Å². The lowest BCUT2D eigenvalue weighted by atomic mass is 9.97. The highest BCUT2D eigenvalue weighted by atomic mass is 35.5. The Bertz CT molecular complexity index is 388. The number of hydrogen-bond acceptors (Lipinski definition) is 5. The monoisotopic (exact) mass is 256 g/mol. The summed E-state index contributed by atoms with van der Waals surface area (Å²) < 4.78 is 0. The van der Waals surface area contributed by atoms with Crippen molar-refractivity contribution in [3.63, 3.8) is 0 Å². The molecule has 1 aliphatic rings. The van der Waals surface area contributed by atoms with Gasteiger partial charge in [0.05, 0.1) is 0 Å². The first-order chi connectivity index (χ1) is 8.22. The minimum absolute atomic E-state index is 0.256. The highest BCUT2D eigenvalue weighted by molar-refractivity contribution is 6.32. The van der Waals surface area contributed by atoms with Crippen molar-refractivity contribution in [3.05, 3.63) is 11.5 Å². The van der Waals surface area contributed by atoms with Crippen LogP contribution in [-0.2, 0) is 0 Å². The minimum atomic E-state index is 0.256. The normalized spacial score (nSPS) is 23.9. The van der Waals surface area contributed by atoms with E-state index in [0.29, 0.717) is 23.3 Å². The van der Waals surface area contributed by atoms with Crippen LogP contribution in [0, 0.1) is 11.8 Å². The lowest BCUT2D eigenvalue weighted by molar-refractivity contribution is 0.199. The van der Waals surface area contributed by atoms with Crippen LogP contribution in [0.3, 0.4) is 0 Å².